The van der Waals surface area contributed by atoms with Crippen LogP contribution < -0.4 is 5.73 Å². The van der Waals surface area contributed by atoms with Crippen molar-refractivity contribution < 1.29 is 9.90 Å². The number of hydrogen-bond acceptors (Lipinski definition) is 2. The van der Waals surface area contributed by atoms with Crippen LogP contribution in [0, 0.1) is 6.92 Å². The highest BCUT2D eigenvalue weighted by Crippen LogP contribution is 2.27. The predicted octanol–water partition coefficient (Wildman–Crippen LogP) is 1.91. The number of aryl methyl sites for hydroxylation is 1. The molecular formula is C10H12ClNO2. The van der Waals surface area contributed by atoms with E-state index in [0.29, 0.717) is 10.6 Å². The Balaban J connectivity index is 3.31. The van der Waals surface area contributed by atoms with Crippen LogP contribution >= 0.6 is 11.6 Å². The molecule has 0 aliphatic carbocycles. The molecule has 0 amide bonds. The third-order valence-electron chi connectivity index (χ3n) is 2.13. The quantitative estimate of drug-likeness (QED) is 0.789. The van der Waals surface area contributed by atoms with Gasteiger partial charge in [-0.05, 0) is 19.9 Å². The van der Waals surface area contributed by atoms with E-state index in [1.807, 2.05) is 13.0 Å². The lowest BCUT2D eigenvalue weighted by Crippen LogP contribution is -2.42. The molecule has 0 aliphatic rings. The molecule has 76 valence electrons. The maximum Gasteiger partial charge on any atom is 0.328 e. The molecule has 3 N–H and O–H groups in total. The van der Waals surface area contributed by atoms with Gasteiger partial charge in [0.1, 0.15) is 5.54 Å². The number of nitrogens with two attached hydrogens (primary N) is 1. The normalized spacial score (nSPS) is 14.9. The van der Waals surface area contributed by atoms with Gasteiger partial charge in [0.15, 0.2) is 0 Å². The van der Waals surface area contributed by atoms with E-state index in [4.69, 9.17) is 22.4 Å². The maximum atomic E-state index is 10.9. The molecule has 0 saturated carbocycles. The zero-order chi connectivity index (χ0) is 10.9. The van der Waals surface area contributed by atoms with Crippen molar-refractivity contribution in [3.8, 4) is 0 Å². The minimum Gasteiger partial charge on any atom is -0.480 e. The van der Waals surface area contributed by atoms with Gasteiger partial charge in [-0.15, -0.1) is 0 Å². The van der Waals surface area contributed by atoms with Crippen LogP contribution in [0.25, 0.3) is 0 Å². The number of benzene rings is 1. The molecule has 0 aromatic heterocycles. The van der Waals surface area contributed by atoms with Crippen molar-refractivity contribution in [1.82, 2.24) is 0 Å². The second kappa shape index (κ2) is 3.59. The summed E-state index contributed by atoms with van der Waals surface area (Å²) in [4.78, 5) is 10.9. The standard InChI is InChI=1S/C10H12ClNO2/c1-6-3-4-8(11)7(5-6)10(2,12)9(13)14/h3-5H,12H2,1-2H3,(H,13,14)/t10-/m0/s1. The first-order chi connectivity index (χ1) is 6.35. The number of hydrogen-bond donors (Lipinski definition) is 2. The van der Waals surface area contributed by atoms with Crippen LogP contribution in [0.15, 0.2) is 18.2 Å². The van der Waals surface area contributed by atoms with Crippen molar-refractivity contribution in [3.05, 3.63) is 34.3 Å². The second-order valence-corrected chi connectivity index (χ2v) is 3.90. The van der Waals surface area contributed by atoms with E-state index in [0.717, 1.165) is 5.56 Å². The van der Waals surface area contributed by atoms with E-state index >= 15 is 0 Å². The topological polar surface area (TPSA) is 63.3 Å². The van der Waals surface area contributed by atoms with Gasteiger partial charge in [0, 0.05) is 10.6 Å². The Kier molecular flexibility index (Phi) is 2.83. The highest BCUT2D eigenvalue weighted by Gasteiger charge is 2.32. The molecule has 0 saturated heterocycles. The third kappa shape index (κ3) is 1.89. The summed E-state index contributed by atoms with van der Waals surface area (Å²) in [7, 11) is 0. The molecule has 1 atom stereocenters. The average molecular weight is 214 g/mol. The number of rotatable bonds is 2. The second-order valence-electron chi connectivity index (χ2n) is 3.49. The van der Waals surface area contributed by atoms with Crippen molar-refractivity contribution in [2.75, 3.05) is 0 Å². The lowest BCUT2D eigenvalue weighted by Gasteiger charge is -2.21. The fourth-order valence-electron chi connectivity index (χ4n) is 1.15. The Hall–Kier alpha value is -1.06. The van der Waals surface area contributed by atoms with Crippen LogP contribution in [0.4, 0.5) is 0 Å². The van der Waals surface area contributed by atoms with Crippen molar-refractivity contribution in [2.45, 2.75) is 19.4 Å². The van der Waals surface area contributed by atoms with Gasteiger partial charge in [-0.25, -0.2) is 4.79 Å². The molecule has 0 heterocycles. The van der Waals surface area contributed by atoms with E-state index in [9.17, 15) is 4.79 Å². The minimum atomic E-state index is -1.44. The number of aliphatic carboxylic acids is 1. The number of halogens is 1. The molecule has 1 aromatic carbocycles. The highest BCUT2D eigenvalue weighted by molar-refractivity contribution is 6.31. The molecule has 0 bridgehead atoms. The molecule has 0 fully saturated rings. The van der Waals surface area contributed by atoms with Gasteiger partial charge in [-0.2, -0.15) is 0 Å². The van der Waals surface area contributed by atoms with Crippen LogP contribution in [0.2, 0.25) is 5.02 Å². The van der Waals surface area contributed by atoms with Gasteiger partial charge in [0.05, 0.1) is 0 Å². The number of carboxylic acid groups (broad SMARTS) is 1. The molecule has 1 rings (SSSR count). The van der Waals surface area contributed by atoms with Crippen LogP contribution in [0.1, 0.15) is 18.1 Å². The molecule has 14 heavy (non-hydrogen) atoms. The average Bonchev–Trinajstić information content (AvgIpc) is 2.08. The van der Waals surface area contributed by atoms with Gasteiger partial charge in [0.2, 0.25) is 0 Å². The van der Waals surface area contributed by atoms with Gasteiger partial charge in [0.25, 0.3) is 0 Å². The van der Waals surface area contributed by atoms with E-state index in [1.165, 1.54) is 6.92 Å². The highest BCUT2D eigenvalue weighted by atomic mass is 35.5. The maximum absolute atomic E-state index is 10.9. The molecule has 0 radical (unpaired) electrons. The van der Waals surface area contributed by atoms with Crippen LogP contribution in [-0.2, 0) is 10.3 Å². The first-order valence-electron chi connectivity index (χ1n) is 4.14. The summed E-state index contributed by atoms with van der Waals surface area (Å²) in [6.45, 7) is 3.29. The Labute approximate surface area is 87.5 Å². The van der Waals surface area contributed by atoms with Gasteiger partial charge >= 0.3 is 5.97 Å². The van der Waals surface area contributed by atoms with E-state index < -0.39 is 11.5 Å². The largest absolute Gasteiger partial charge is 0.480 e. The molecule has 3 nitrogen and oxygen atoms in total. The van der Waals surface area contributed by atoms with Crippen molar-refractivity contribution >= 4 is 17.6 Å². The molecule has 1 aromatic rings. The van der Waals surface area contributed by atoms with E-state index in [1.54, 1.807) is 12.1 Å². The Morgan fingerprint density at radius 2 is 2.14 bits per heavy atom. The molecule has 4 heteroatoms. The van der Waals surface area contributed by atoms with Gasteiger partial charge in [-0.3, -0.25) is 0 Å². The smallest absolute Gasteiger partial charge is 0.328 e. The number of carboxylic acids is 1. The summed E-state index contributed by atoms with van der Waals surface area (Å²) in [6.07, 6.45) is 0. The molecule has 0 unspecified atom stereocenters. The summed E-state index contributed by atoms with van der Waals surface area (Å²) in [5.41, 5.74) is 5.59. The Bertz CT molecular complexity index is 374. The fraction of sp³-hybridized carbons (Fsp3) is 0.300. The van der Waals surface area contributed by atoms with Gasteiger partial charge in [-0.1, -0.05) is 29.3 Å². The summed E-state index contributed by atoms with van der Waals surface area (Å²) in [6, 6.07) is 5.15. The van der Waals surface area contributed by atoms with Crippen LogP contribution in [-0.4, -0.2) is 11.1 Å². The van der Waals surface area contributed by atoms with Gasteiger partial charge < -0.3 is 10.8 Å². The SMILES string of the molecule is Cc1ccc(Cl)c([C@](C)(N)C(=O)O)c1. The number of carbonyl (C=O) groups is 1. The minimum absolute atomic E-state index is 0.378. The fourth-order valence-corrected chi connectivity index (χ4v) is 1.47. The zero-order valence-electron chi connectivity index (χ0n) is 8.04. The molecule has 0 aliphatic heterocycles. The van der Waals surface area contributed by atoms with E-state index in [-0.39, 0.29) is 0 Å². The summed E-state index contributed by atoms with van der Waals surface area (Å²) in [5, 5.41) is 9.30. The monoisotopic (exact) mass is 213 g/mol. The molecular weight excluding hydrogens is 202 g/mol. The van der Waals surface area contributed by atoms with Crippen LogP contribution in [0.3, 0.4) is 0 Å². The summed E-state index contributed by atoms with van der Waals surface area (Å²) in [5.74, 6) is -1.09. The zero-order valence-corrected chi connectivity index (χ0v) is 8.80. The molecule has 0 spiro atoms. The summed E-state index contributed by atoms with van der Waals surface area (Å²) >= 11 is 5.88. The lowest BCUT2D eigenvalue weighted by atomic mass is 9.92. The van der Waals surface area contributed by atoms with Crippen molar-refractivity contribution in [3.63, 3.8) is 0 Å². The van der Waals surface area contributed by atoms with Crippen LogP contribution in [0.5, 0.6) is 0 Å². The predicted molar refractivity (Wildman–Crippen MR) is 55.4 cm³/mol. The third-order valence-corrected chi connectivity index (χ3v) is 2.46. The van der Waals surface area contributed by atoms with Crippen molar-refractivity contribution in [2.24, 2.45) is 5.73 Å². The van der Waals surface area contributed by atoms with E-state index in [2.05, 4.69) is 0 Å². The Morgan fingerprint density at radius 3 is 2.64 bits per heavy atom. The summed E-state index contributed by atoms with van der Waals surface area (Å²) < 4.78 is 0. The first kappa shape index (κ1) is 11.0. The first-order valence-corrected chi connectivity index (χ1v) is 4.52. The van der Waals surface area contributed by atoms with Crippen molar-refractivity contribution in [1.29, 1.82) is 0 Å². The Morgan fingerprint density at radius 1 is 1.57 bits per heavy atom. The lowest BCUT2D eigenvalue weighted by molar-refractivity contribution is -0.143.